The van der Waals surface area contributed by atoms with Gasteiger partial charge >= 0.3 is 0 Å². The zero-order chi connectivity index (χ0) is 16.5. The molecular weight excluding hydrogens is 327 g/mol. The Bertz CT molecular complexity index is 303. The molecule has 0 rings (SSSR count). The van der Waals surface area contributed by atoms with E-state index < -0.39 is 0 Å². The summed E-state index contributed by atoms with van der Waals surface area (Å²) in [6.07, 6.45) is 0. The number of hydrogen-bond donors (Lipinski definition) is 0. The Morgan fingerprint density at radius 2 is 1.14 bits per heavy atom. The molecule has 0 aliphatic rings. The summed E-state index contributed by atoms with van der Waals surface area (Å²) in [5.41, 5.74) is -0.611. The largest absolute Gasteiger partial charge is 0.335 e. The molecule has 21 heavy (non-hydrogen) atoms. The number of thioether (sulfide) groups is 2. The molecule has 7 heteroatoms. The van der Waals surface area contributed by atoms with Gasteiger partial charge in [-0.05, 0) is 0 Å². The predicted molar refractivity (Wildman–Crippen MR) is 94.1 cm³/mol. The summed E-state index contributed by atoms with van der Waals surface area (Å²) in [5, 5.41) is 0.347. The Hall–Kier alpha value is 0.390. The second-order valence-corrected chi connectivity index (χ2v) is 9.43. The minimum atomic E-state index is -0.305. The summed E-state index contributed by atoms with van der Waals surface area (Å²) >= 11 is 2.59. The van der Waals surface area contributed by atoms with E-state index >= 15 is 0 Å². The second kappa shape index (κ2) is 10.2. The Kier molecular flexibility index (Phi) is 10.4. The van der Waals surface area contributed by atoms with Gasteiger partial charge in [-0.2, -0.15) is 0 Å². The lowest BCUT2D eigenvalue weighted by Gasteiger charge is -2.15. The minimum Gasteiger partial charge on any atom is -0.335 e. The Morgan fingerprint density at radius 1 is 0.810 bits per heavy atom. The van der Waals surface area contributed by atoms with Crippen molar-refractivity contribution in [2.24, 2.45) is 10.8 Å². The van der Waals surface area contributed by atoms with Crippen molar-refractivity contribution in [1.29, 1.82) is 0 Å². The normalized spacial score (nSPS) is 12.5. The van der Waals surface area contributed by atoms with Gasteiger partial charge in [0.25, 0.3) is 0 Å². The van der Waals surface area contributed by atoms with E-state index in [4.69, 9.17) is 9.05 Å². The van der Waals surface area contributed by atoms with Crippen LogP contribution in [0, 0.1) is 10.8 Å². The van der Waals surface area contributed by atoms with Crippen molar-refractivity contribution < 1.29 is 18.6 Å². The monoisotopic (exact) mass is 354 g/mol. The maximum atomic E-state index is 11.6. The Balaban J connectivity index is 3.42. The molecule has 0 heterocycles. The van der Waals surface area contributed by atoms with Crippen LogP contribution in [0.2, 0.25) is 0 Å². The van der Waals surface area contributed by atoms with Crippen LogP contribution in [-0.4, -0.2) is 35.0 Å². The fourth-order valence-corrected chi connectivity index (χ4v) is 3.23. The maximum Gasteiger partial charge on any atom is 0.194 e. The molecule has 0 saturated carbocycles. The SMILES string of the molecule is CC(C)(C)C(=O)SCCOPOCCSC(=O)C(C)(C)C. The summed E-state index contributed by atoms with van der Waals surface area (Å²) in [7, 11) is -0.0369. The van der Waals surface area contributed by atoms with Gasteiger partial charge in [0.05, 0.1) is 13.2 Å². The summed E-state index contributed by atoms with van der Waals surface area (Å²) in [5.74, 6) is 1.29. The molecule has 0 saturated heterocycles. The van der Waals surface area contributed by atoms with Crippen LogP contribution >= 0.6 is 32.6 Å². The smallest absolute Gasteiger partial charge is 0.194 e. The molecule has 0 fully saturated rings. The van der Waals surface area contributed by atoms with Crippen LogP contribution in [0.4, 0.5) is 0 Å². The first-order valence-corrected chi connectivity index (χ1v) is 9.67. The van der Waals surface area contributed by atoms with Crippen LogP contribution in [0.25, 0.3) is 0 Å². The fraction of sp³-hybridized carbons (Fsp3) is 0.857. The van der Waals surface area contributed by atoms with Gasteiger partial charge in [-0.15, -0.1) is 0 Å². The third kappa shape index (κ3) is 11.6. The van der Waals surface area contributed by atoms with Crippen LogP contribution in [0.3, 0.4) is 0 Å². The van der Waals surface area contributed by atoms with Crippen LogP contribution in [-0.2, 0) is 18.6 Å². The summed E-state index contributed by atoms with van der Waals surface area (Å²) in [4.78, 5) is 23.3. The lowest BCUT2D eigenvalue weighted by atomic mass is 9.99. The third-order valence-corrected chi connectivity index (χ3v) is 5.31. The average molecular weight is 354 g/mol. The van der Waals surface area contributed by atoms with Crippen LogP contribution in [0.5, 0.6) is 0 Å². The highest BCUT2D eigenvalue weighted by atomic mass is 32.2. The highest BCUT2D eigenvalue weighted by Gasteiger charge is 2.21. The molecule has 0 unspecified atom stereocenters. The van der Waals surface area contributed by atoms with Crippen LogP contribution < -0.4 is 0 Å². The van der Waals surface area contributed by atoms with Gasteiger partial charge in [0.15, 0.2) is 19.3 Å². The van der Waals surface area contributed by atoms with Crippen molar-refractivity contribution >= 4 is 42.8 Å². The van der Waals surface area contributed by atoms with E-state index in [1.165, 1.54) is 23.5 Å². The molecule has 0 atom stereocenters. The summed E-state index contributed by atoms with van der Waals surface area (Å²) in [6, 6.07) is 0. The topological polar surface area (TPSA) is 52.6 Å². The summed E-state index contributed by atoms with van der Waals surface area (Å²) in [6.45, 7) is 12.4. The fourth-order valence-electron chi connectivity index (χ4n) is 0.910. The molecule has 4 nitrogen and oxygen atoms in total. The molecule has 0 amide bonds. The molecule has 0 spiro atoms. The van der Waals surface area contributed by atoms with E-state index in [0.29, 0.717) is 24.7 Å². The molecule has 0 aliphatic carbocycles. The van der Waals surface area contributed by atoms with Crippen molar-refractivity contribution in [1.82, 2.24) is 0 Å². The van der Waals surface area contributed by atoms with Crippen molar-refractivity contribution in [3.05, 3.63) is 0 Å². The van der Waals surface area contributed by atoms with E-state index in [1.807, 2.05) is 41.5 Å². The highest BCUT2D eigenvalue weighted by molar-refractivity contribution is 8.14. The van der Waals surface area contributed by atoms with Crippen molar-refractivity contribution in [3.63, 3.8) is 0 Å². The van der Waals surface area contributed by atoms with Crippen molar-refractivity contribution in [3.8, 4) is 0 Å². The highest BCUT2D eigenvalue weighted by Crippen LogP contribution is 2.25. The molecular formula is C14H27O4PS2. The predicted octanol–water partition coefficient (Wildman–Crippen LogP) is 4.14. The lowest BCUT2D eigenvalue weighted by Crippen LogP contribution is -2.17. The summed E-state index contributed by atoms with van der Waals surface area (Å²) < 4.78 is 10.6. The maximum absolute atomic E-state index is 11.6. The van der Waals surface area contributed by atoms with Gasteiger partial charge in [0, 0.05) is 22.3 Å². The van der Waals surface area contributed by atoms with Gasteiger partial charge in [-0.25, -0.2) is 0 Å². The molecule has 0 aliphatic heterocycles. The molecule has 124 valence electrons. The average Bonchev–Trinajstić information content (AvgIpc) is 2.33. The number of carbonyl (C=O) groups excluding carboxylic acids is 2. The molecule has 0 aromatic carbocycles. The zero-order valence-electron chi connectivity index (χ0n) is 13.8. The van der Waals surface area contributed by atoms with E-state index in [1.54, 1.807) is 0 Å². The van der Waals surface area contributed by atoms with Gasteiger partial charge in [-0.1, -0.05) is 65.1 Å². The number of hydrogen-bond acceptors (Lipinski definition) is 6. The molecule has 0 N–H and O–H groups in total. The second-order valence-electron chi connectivity index (χ2n) is 6.55. The van der Waals surface area contributed by atoms with E-state index in [2.05, 4.69) is 0 Å². The van der Waals surface area contributed by atoms with Crippen LogP contribution in [0.15, 0.2) is 0 Å². The first kappa shape index (κ1) is 21.4. The van der Waals surface area contributed by atoms with E-state index in [9.17, 15) is 9.59 Å². The molecule has 0 aromatic rings. The van der Waals surface area contributed by atoms with Crippen molar-refractivity contribution in [2.45, 2.75) is 41.5 Å². The number of rotatable bonds is 8. The lowest BCUT2D eigenvalue weighted by molar-refractivity contribution is -0.118. The van der Waals surface area contributed by atoms with Gasteiger partial charge in [-0.3, -0.25) is 9.59 Å². The van der Waals surface area contributed by atoms with E-state index in [-0.39, 0.29) is 30.1 Å². The zero-order valence-corrected chi connectivity index (χ0v) is 16.4. The molecule has 0 bridgehead atoms. The van der Waals surface area contributed by atoms with Gasteiger partial charge < -0.3 is 9.05 Å². The van der Waals surface area contributed by atoms with E-state index in [0.717, 1.165) is 0 Å². The minimum absolute atomic E-state index is 0.0369. The Morgan fingerprint density at radius 3 is 1.43 bits per heavy atom. The van der Waals surface area contributed by atoms with Gasteiger partial charge in [0.2, 0.25) is 0 Å². The van der Waals surface area contributed by atoms with Crippen molar-refractivity contribution in [2.75, 3.05) is 24.7 Å². The standard InChI is InChI=1S/C14H27O4PS2/c1-13(2,3)11(15)20-9-7-17-19-18-8-10-21-12(16)14(4,5)6/h19H,7-10H2,1-6H3. The third-order valence-electron chi connectivity index (χ3n) is 2.18. The first-order valence-electron chi connectivity index (χ1n) is 6.88. The van der Waals surface area contributed by atoms with Gasteiger partial charge in [0.1, 0.15) is 0 Å². The first-order chi connectivity index (χ1) is 9.55. The molecule has 0 radical (unpaired) electrons. The Labute approximate surface area is 138 Å². The molecule has 0 aromatic heterocycles. The van der Waals surface area contributed by atoms with Crippen LogP contribution in [0.1, 0.15) is 41.5 Å². The quantitative estimate of drug-likeness (QED) is 0.482. The number of carbonyl (C=O) groups is 2.